The zero-order valence-electron chi connectivity index (χ0n) is 15.9. The van der Waals surface area contributed by atoms with E-state index in [1.165, 1.54) is 24.1 Å². The second-order valence-corrected chi connectivity index (χ2v) is 8.36. The Labute approximate surface area is 154 Å². The lowest BCUT2D eigenvalue weighted by atomic mass is 9.85. The highest BCUT2D eigenvalue weighted by Gasteiger charge is 2.48. The maximum Gasteiger partial charge on any atom is 0.248 e. The fourth-order valence-electron chi connectivity index (χ4n) is 4.20. The van der Waals surface area contributed by atoms with Gasteiger partial charge in [-0.1, -0.05) is 13.0 Å². The van der Waals surface area contributed by atoms with Gasteiger partial charge >= 0.3 is 0 Å². The number of carbonyl (C=O) groups is 1. The lowest BCUT2D eigenvalue weighted by molar-refractivity contribution is 0.1000. The van der Waals surface area contributed by atoms with E-state index in [-0.39, 0.29) is 16.9 Å². The molecule has 2 heterocycles. The second kappa shape index (κ2) is 5.47. The van der Waals surface area contributed by atoms with Gasteiger partial charge in [-0.25, -0.2) is 0 Å². The van der Waals surface area contributed by atoms with Crippen molar-refractivity contribution in [2.45, 2.75) is 52.5 Å². The lowest BCUT2D eigenvalue weighted by Crippen LogP contribution is -2.45. The molecule has 1 amide bonds. The number of H-pyrrole nitrogens is 1. The number of anilines is 1. The molecule has 2 aromatic rings. The van der Waals surface area contributed by atoms with Crippen molar-refractivity contribution >= 4 is 11.6 Å². The molecule has 1 aliphatic heterocycles. The summed E-state index contributed by atoms with van der Waals surface area (Å²) in [5.74, 6) is -0.381. The third kappa shape index (κ3) is 2.45. The summed E-state index contributed by atoms with van der Waals surface area (Å²) in [7, 11) is 0. The van der Waals surface area contributed by atoms with E-state index in [1.807, 2.05) is 24.4 Å². The van der Waals surface area contributed by atoms with Crippen LogP contribution in [0.3, 0.4) is 0 Å². The summed E-state index contributed by atoms with van der Waals surface area (Å²) in [6, 6.07) is 5.82. The topological polar surface area (TPSA) is 75.0 Å². The van der Waals surface area contributed by atoms with Crippen LogP contribution in [-0.2, 0) is 12.0 Å². The smallest absolute Gasteiger partial charge is 0.248 e. The normalized spacial score (nSPS) is 18.3. The molecule has 1 aliphatic carbocycles. The Morgan fingerprint density at radius 3 is 2.65 bits per heavy atom. The molecule has 136 valence electrons. The average molecular weight is 350 g/mol. The first kappa shape index (κ1) is 16.9. The molecule has 1 saturated carbocycles. The molecule has 0 radical (unpaired) electrons. The number of aromatic nitrogens is 2. The van der Waals surface area contributed by atoms with E-state index in [9.17, 15) is 4.79 Å². The molecule has 1 fully saturated rings. The number of nitrogens with one attached hydrogen (secondary N) is 1. The zero-order valence-corrected chi connectivity index (χ0v) is 15.9. The number of primary amides is 1. The predicted molar refractivity (Wildman–Crippen MR) is 103 cm³/mol. The van der Waals surface area contributed by atoms with Gasteiger partial charge in [-0.3, -0.25) is 9.89 Å². The maximum atomic E-state index is 11.6. The van der Waals surface area contributed by atoms with E-state index < -0.39 is 0 Å². The summed E-state index contributed by atoms with van der Waals surface area (Å²) in [5, 5.41) is 7.32. The van der Waals surface area contributed by atoms with Crippen molar-refractivity contribution in [1.82, 2.24) is 10.2 Å². The molecular formula is C21H26N4O. The molecule has 1 aromatic heterocycles. The molecule has 0 saturated heterocycles. The number of aryl methyl sites for hydroxylation is 1. The van der Waals surface area contributed by atoms with Gasteiger partial charge in [0.25, 0.3) is 0 Å². The van der Waals surface area contributed by atoms with E-state index in [0.717, 1.165) is 23.4 Å². The van der Waals surface area contributed by atoms with Gasteiger partial charge in [-0.05, 0) is 63.8 Å². The van der Waals surface area contributed by atoms with Crippen LogP contribution in [0.15, 0.2) is 36.2 Å². The molecule has 5 heteroatoms. The van der Waals surface area contributed by atoms with E-state index in [4.69, 9.17) is 5.73 Å². The minimum atomic E-state index is -0.381. The van der Waals surface area contributed by atoms with Crippen LogP contribution in [0.4, 0.5) is 5.69 Å². The highest BCUT2D eigenvalue weighted by Crippen LogP contribution is 2.57. The Hall–Kier alpha value is -2.56. The van der Waals surface area contributed by atoms with E-state index >= 15 is 0 Å². The number of aromatic amines is 1. The van der Waals surface area contributed by atoms with Crippen molar-refractivity contribution in [2.75, 3.05) is 4.90 Å². The van der Waals surface area contributed by atoms with Crippen molar-refractivity contribution in [3.8, 4) is 0 Å². The monoisotopic (exact) mass is 350 g/mol. The number of benzene rings is 1. The van der Waals surface area contributed by atoms with Gasteiger partial charge in [0.2, 0.25) is 5.91 Å². The lowest BCUT2D eigenvalue weighted by Gasteiger charge is -2.46. The first-order chi connectivity index (χ1) is 12.2. The van der Waals surface area contributed by atoms with Crippen LogP contribution in [0.2, 0.25) is 0 Å². The first-order valence-electron chi connectivity index (χ1n) is 9.18. The fourth-order valence-corrected chi connectivity index (χ4v) is 4.20. The summed E-state index contributed by atoms with van der Waals surface area (Å²) >= 11 is 0. The number of nitrogens with zero attached hydrogens (tertiary/aromatic N) is 2. The Balaban J connectivity index is 1.88. The minimum Gasteiger partial charge on any atom is -0.366 e. The van der Waals surface area contributed by atoms with Crippen molar-refractivity contribution < 1.29 is 4.79 Å². The van der Waals surface area contributed by atoms with Crippen molar-refractivity contribution in [3.63, 3.8) is 0 Å². The van der Waals surface area contributed by atoms with E-state index in [0.29, 0.717) is 5.56 Å². The number of hydrogen-bond acceptors (Lipinski definition) is 3. The van der Waals surface area contributed by atoms with E-state index in [1.54, 1.807) is 0 Å². The summed E-state index contributed by atoms with van der Waals surface area (Å²) < 4.78 is 0. The first-order valence-corrected chi connectivity index (χ1v) is 9.18. The quantitative estimate of drug-likeness (QED) is 0.881. The molecule has 4 rings (SSSR count). The molecule has 0 atom stereocenters. The van der Waals surface area contributed by atoms with Crippen LogP contribution in [-0.4, -0.2) is 16.1 Å². The molecule has 1 aromatic carbocycles. The number of nitrogens with two attached hydrogens (primary N) is 1. The van der Waals surface area contributed by atoms with Crippen LogP contribution >= 0.6 is 0 Å². The summed E-state index contributed by atoms with van der Waals surface area (Å²) in [5.41, 5.74) is 12.0. The molecule has 2 aliphatic rings. The van der Waals surface area contributed by atoms with Crippen molar-refractivity contribution in [1.29, 1.82) is 0 Å². The van der Waals surface area contributed by atoms with E-state index in [2.05, 4.69) is 48.9 Å². The van der Waals surface area contributed by atoms with Crippen molar-refractivity contribution in [2.24, 2.45) is 11.1 Å². The van der Waals surface area contributed by atoms with Crippen LogP contribution < -0.4 is 10.6 Å². The van der Waals surface area contributed by atoms with Gasteiger partial charge in [0, 0.05) is 33.6 Å². The summed E-state index contributed by atoms with van der Waals surface area (Å²) in [6.45, 7) is 8.88. The van der Waals surface area contributed by atoms with Crippen LogP contribution in [0.25, 0.3) is 0 Å². The third-order valence-electron chi connectivity index (χ3n) is 6.03. The van der Waals surface area contributed by atoms with Gasteiger partial charge in [-0.2, -0.15) is 5.10 Å². The third-order valence-corrected chi connectivity index (χ3v) is 6.03. The van der Waals surface area contributed by atoms with Gasteiger partial charge in [0.05, 0.1) is 11.7 Å². The number of hydrogen-bond donors (Lipinski definition) is 2. The maximum absolute atomic E-state index is 11.6. The van der Waals surface area contributed by atoms with Gasteiger partial charge in [-0.15, -0.1) is 0 Å². The highest BCUT2D eigenvalue weighted by molar-refractivity contribution is 5.93. The van der Waals surface area contributed by atoms with Gasteiger partial charge in [0.15, 0.2) is 0 Å². The summed E-state index contributed by atoms with van der Waals surface area (Å²) in [6.07, 6.45) is 7.51. The molecule has 5 nitrogen and oxygen atoms in total. The number of amides is 1. The summed E-state index contributed by atoms with van der Waals surface area (Å²) in [4.78, 5) is 14.1. The zero-order chi connectivity index (χ0) is 18.7. The Bertz CT molecular complexity index is 918. The van der Waals surface area contributed by atoms with Crippen LogP contribution in [0, 0.1) is 12.3 Å². The molecular weight excluding hydrogens is 324 g/mol. The predicted octanol–water partition coefficient (Wildman–Crippen LogP) is 3.80. The number of allylic oxidation sites excluding steroid dienone is 2. The number of rotatable bonds is 4. The Kier molecular flexibility index (Phi) is 3.55. The number of carbonyl (C=O) groups excluding carboxylic acids is 1. The molecule has 0 bridgehead atoms. The molecule has 26 heavy (non-hydrogen) atoms. The van der Waals surface area contributed by atoms with Crippen LogP contribution in [0.5, 0.6) is 0 Å². The van der Waals surface area contributed by atoms with Gasteiger partial charge < -0.3 is 10.6 Å². The standard InChI is InChI=1S/C21H26N4O/c1-13-16(12-23-24-13)20(2,3)25-17-7-5-15(19(22)26)11-14(17)6-8-18(25)21(4)9-10-21/h5,7-8,11-12H,6,9-10H2,1-4H3,(H2,22,26)(H,23,24). The fraction of sp³-hybridized carbons (Fsp3) is 0.429. The largest absolute Gasteiger partial charge is 0.366 e. The molecule has 0 unspecified atom stereocenters. The minimum absolute atomic E-state index is 0.231. The number of fused-ring (bicyclic) bond motifs is 1. The second-order valence-electron chi connectivity index (χ2n) is 8.36. The average Bonchev–Trinajstić information content (AvgIpc) is 3.19. The molecule has 0 spiro atoms. The van der Waals surface area contributed by atoms with Gasteiger partial charge in [0.1, 0.15) is 0 Å². The highest BCUT2D eigenvalue weighted by atomic mass is 16.1. The SMILES string of the molecule is Cc1[nH]ncc1C(C)(C)N1C(C2(C)CC2)=CCc2cc(C(N)=O)ccc21. The Morgan fingerprint density at radius 2 is 2.08 bits per heavy atom. The molecule has 3 N–H and O–H groups in total. The van der Waals surface area contributed by atoms with Crippen molar-refractivity contribution in [3.05, 3.63) is 58.6 Å². The Morgan fingerprint density at radius 1 is 1.35 bits per heavy atom. The van der Waals surface area contributed by atoms with Crippen LogP contribution in [0.1, 0.15) is 60.8 Å².